The maximum Gasteiger partial charge on any atom is 0.194 e. The van der Waals surface area contributed by atoms with Crippen molar-refractivity contribution in [2.45, 2.75) is 33.0 Å². The van der Waals surface area contributed by atoms with Crippen molar-refractivity contribution in [1.82, 2.24) is 4.57 Å². The molecule has 17 heavy (non-hydrogen) atoms. The molecule has 0 amide bonds. The molecule has 0 aliphatic heterocycles. The van der Waals surface area contributed by atoms with E-state index in [9.17, 15) is 10.2 Å². The number of aliphatic hydroxyl groups excluding tert-OH is 1. The first-order valence-corrected chi connectivity index (χ1v) is 6.32. The van der Waals surface area contributed by atoms with Crippen LogP contribution in [0.4, 0.5) is 0 Å². The molecule has 1 aromatic heterocycles. The van der Waals surface area contributed by atoms with E-state index in [0.29, 0.717) is 25.5 Å². The number of rotatable bonds is 7. The van der Waals surface area contributed by atoms with Crippen LogP contribution in [-0.4, -0.2) is 34.3 Å². The molecule has 1 aromatic rings. The zero-order valence-electron chi connectivity index (χ0n) is 9.97. The summed E-state index contributed by atoms with van der Waals surface area (Å²) in [7, 11) is 0. The largest absolute Gasteiger partial charge is 0.363 e. The van der Waals surface area contributed by atoms with Crippen LogP contribution in [0.15, 0.2) is 16.7 Å². The maximum absolute atomic E-state index is 9.22. The number of hydrogen-bond donors (Lipinski definition) is 2. The number of aliphatic hydroxyl groups is 2. The first-order valence-electron chi connectivity index (χ1n) is 5.53. The van der Waals surface area contributed by atoms with E-state index < -0.39 is 6.29 Å². The fourth-order valence-electron chi connectivity index (χ4n) is 1.55. The van der Waals surface area contributed by atoms with Crippen LogP contribution in [0, 0.1) is 0 Å². The predicted molar refractivity (Wildman–Crippen MR) is 66.4 cm³/mol. The molecule has 0 atom stereocenters. The summed E-state index contributed by atoms with van der Waals surface area (Å²) in [5.74, 6) is 0. The monoisotopic (exact) mass is 307 g/mol. The van der Waals surface area contributed by atoms with Gasteiger partial charge in [-0.05, 0) is 35.8 Å². The van der Waals surface area contributed by atoms with Crippen LogP contribution in [0.5, 0.6) is 0 Å². The Kier molecular flexibility index (Phi) is 6.15. The lowest BCUT2D eigenvalue weighted by Gasteiger charge is -2.19. The quantitative estimate of drug-likeness (QED) is 0.752. The summed E-state index contributed by atoms with van der Waals surface area (Å²) in [5, 5.41) is 18.4. The van der Waals surface area contributed by atoms with E-state index in [2.05, 4.69) is 15.9 Å². The second-order valence-corrected chi connectivity index (χ2v) is 4.37. The molecule has 0 aromatic carbocycles. The van der Waals surface area contributed by atoms with Gasteiger partial charge in [0, 0.05) is 23.9 Å². The van der Waals surface area contributed by atoms with Crippen molar-refractivity contribution >= 4 is 15.9 Å². The van der Waals surface area contributed by atoms with E-state index in [1.54, 1.807) is 16.8 Å². The summed E-state index contributed by atoms with van der Waals surface area (Å²) in [4.78, 5) is 0. The van der Waals surface area contributed by atoms with Gasteiger partial charge in [-0.15, -0.1) is 0 Å². The van der Waals surface area contributed by atoms with Gasteiger partial charge in [-0.1, -0.05) is 0 Å². The Morgan fingerprint density at radius 1 is 1.29 bits per heavy atom. The normalized spacial score (nSPS) is 11.7. The van der Waals surface area contributed by atoms with E-state index in [1.165, 1.54) is 0 Å². The van der Waals surface area contributed by atoms with E-state index in [-0.39, 0.29) is 6.29 Å². The van der Waals surface area contributed by atoms with E-state index in [0.717, 1.165) is 4.47 Å². The fourth-order valence-corrected chi connectivity index (χ4v) is 2.03. The molecule has 6 heteroatoms. The highest BCUT2D eigenvalue weighted by Crippen LogP contribution is 2.20. The molecule has 1 heterocycles. The molecule has 0 aliphatic rings. The second-order valence-electron chi connectivity index (χ2n) is 3.45. The molecule has 0 saturated carbocycles. The Balaban J connectivity index is 2.76. The van der Waals surface area contributed by atoms with Gasteiger partial charge < -0.3 is 24.3 Å². The lowest BCUT2D eigenvalue weighted by atomic mass is 10.4. The smallest absolute Gasteiger partial charge is 0.194 e. The Morgan fingerprint density at radius 2 is 1.88 bits per heavy atom. The summed E-state index contributed by atoms with van der Waals surface area (Å²) in [5.41, 5.74) is 0.404. The Bertz CT molecular complexity index is 334. The van der Waals surface area contributed by atoms with Gasteiger partial charge in [-0.3, -0.25) is 0 Å². The molecule has 0 unspecified atom stereocenters. The average Bonchev–Trinajstić information content (AvgIpc) is 2.60. The van der Waals surface area contributed by atoms with Crippen LogP contribution in [0.3, 0.4) is 0 Å². The number of aromatic nitrogens is 1. The van der Waals surface area contributed by atoms with E-state index in [4.69, 9.17) is 9.47 Å². The lowest BCUT2D eigenvalue weighted by molar-refractivity contribution is -0.145. The maximum atomic E-state index is 9.22. The van der Waals surface area contributed by atoms with Crippen molar-refractivity contribution in [3.05, 3.63) is 22.4 Å². The third-order valence-corrected chi connectivity index (χ3v) is 2.65. The summed E-state index contributed by atoms with van der Waals surface area (Å²) in [6, 6.07) is 1.65. The van der Waals surface area contributed by atoms with Crippen molar-refractivity contribution in [3.63, 3.8) is 0 Å². The molecule has 2 N–H and O–H groups in total. The van der Waals surface area contributed by atoms with Crippen molar-refractivity contribution in [2.24, 2.45) is 0 Å². The first-order chi connectivity index (χ1) is 8.08. The highest BCUT2D eigenvalue weighted by molar-refractivity contribution is 9.10. The lowest BCUT2D eigenvalue weighted by Crippen LogP contribution is -2.24. The van der Waals surface area contributed by atoms with Gasteiger partial charge in [0.25, 0.3) is 0 Å². The topological polar surface area (TPSA) is 63.9 Å². The van der Waals surface area contributed by atoms with Crippen molar-refractivity contribution in [3.8, 4) is 0 Å². The van der Waals surface area contributed by atoms with Gasteiger partial charge in [0.1, 0.15) is 0 Å². The molecular weight excluding hydrogens is 290 g/mol. The minimum absolute atomic E-state index is 0.387. The molecule has 98 valence electrons. The molecule has 1 rings (SSSR count). The van der Waals surface area contributed by atoms with Gasteiger partial charge in [-0.25, -0.2) is 0 Å². The second kappa shape index (κ2) is 7.13. The predicted octanol–water partition coefficient (Wildman–Crippen LogP) is 1.63. The number of halogens is 1. The fraction of sp³-hybridized carbons (Fsp3) is 0.636. The van der Waals surface area contributed by atoms with Gasteiger partial charge in [0.15, 0.2) is 12.6 Å². The zero-order valence-corrected chi connectivity index (χ0v) is 11.6. The third-order valence-electron chi connectivity index (χ3n) is 2.21. The van der Waals surface area contributed by atoms with E-state index >= 15 is 0 Å². The minimum atomic E-state index is -1.51. The van der Waals surface area contributed by atoms with Gasteiger partial charge >= 0.3 is 0 Å². The van der Waals surface area contributed by atoms with Crippen molar-refractivity contribution in [2.75, 3.05) is 13.2 Å². The highest BCUT2D eigenvalue weighted by Gasteiger charge is 2.15. The molecule has 0 bridgehead atoms. The number of ether oxygens (including phenoxy) is 2. The van der Waals surface area contributed by atoms with Crippen LogP contribution in [0.2, 0.25) is 0 Å². The summed E-state index contributed by atoms with van der Waals surface area (Å²) in [6.07, 6.45) is -0.133. The summed E-state index contributed by atoms with van der Waals surface area (Å²) < 4.78 is 13.3. The van der Waals surface area contributed by atoms with Gasteiger partial charge in [0.2, 0.25) is 0 Å². The van der Waals surface area contributed by atoms with Crippen LogP contribution < -0.4 is 0 Å². The van der Waals surface area contributed by atoms with E-state index in [1.807, 2.05) is 13.8 Å². The first kappa shape index (κ1) is 14.7. The zero-order chi connectivity index (χ0) is 12.8. The van der Waals surface area contributed by atoms with Crippen LogP contribution in [0.25, 0.3) is 0 Å². The Hall–Kier alpha value is -0.400. The standard InChI is InChI=1S/C11H18BrNO4/c1-3-16-10(17-4-2)7-13-6-8(12)5-9(13)11(14)15/h5-6,10-11,14-15H,3-4,7H2,1-2H3. The van der Waals surface area contributed by atoms with Crippen LogP contribution in [0.1, 0.15) is 25.8 Å². The summed E-state index contributed by atoms with van der Waals surface area (Å²) >= 11 is 3.29. The highest BCUT2D eigenvalue weighted by atomic mass is 79.9. The van der Waals surface area contributed by atoms with Crippen molar-refractivity contribution < 1.29 is 19.7 Å². The molecule has 0 aliphatic carbocycles. The summed E-state index contributed by atoms with van der Waals surface area (Å²) in [6.45, 7) is 5.28. The average molecular weight is 308 g/mol. The number of nitrogens with zero attached hydrogens (tertiary/aromatic N) is 1. The van der Waals surface area contributed by atoms with Crippen molar-refractivity contribution in [1.29, 1.82) is 0 Å². The molecule has 5 nitrogen and oxygen atoms in total. The molecule has 0 saturated heterocycles. The van der Waals surface area contributed by atoms with Gasteiger partial charge in [0.05, 0.1) is 12.2 Å². The molecule has 0 radical (unpaired) electrons. The Morgan fingerprint density at radius 3 is 2.35 bits per heavy atom. The molecule has 0 spiro atoms. The molecular formula is C11H18BrNO4. The van der Waals surface area contributed by atoms with Crippen LogP contribution in [-0.2, 0) is 16.0 Å². The van der Waals surface area contributed by atoms with Gasteiger partial charge in [-0.2, -0.15) is 0 Å². The number of hydrogen-bond acceptors (Lipinski definition) is 4. The molecule has 0 fully saturated rings. The Labute approximate surface area is 109 Å². The van der Waals surface area contributed by atoms with Crippen LogP contribution >= 0.6 is 15.9 Å². The SMILES string of the molecule is CCOC(Cn1cc(Br)cc1C(O)O)OCC. The third kappa shape index (κ3) is 4.40. The minimum Gasteiger partial charge on any atom is -0.363 e.